The lowest BCUT2D eigenvalue weighted by Gasteiger charge is -2.24. The van der Waals surface area contributed by atoms with E-state index in [1.54, 1.807) is 7.11 Å². The summed E-state index contributed by atoms with van der Waals surface area (Å²) in [5, 5.41) is 0. The summed E-state index contributed by atoms with van der Waals surface area (Å²) in [6, 6.07) is 8.12. The zero-order chi connectivity index (χ0) is 10.8. The minimum Gasteiger partial charge on any atom is -0.495 e. The van der Waals surface area contributed by atoms with Gasteiger partial charge in [-0.1, -0.05) is 12.1 Å². The normalized spacial score (nSPS) is 20.3. The number of para-hydroxylation sites is 2. The van der Waals surface area contributed by atoms with Crippen molar-refractivity contribution in [1.29, 1.82) is 0 Å². The molecule has 0 amide bonds. The van der Waals surface area contributed by atoms with Gasteiger partial charge in [-0.15, -0.1) is 0 Å². The van der Waals surface area contributed by atoms with Crippen molar-refractivity contribution in [3.63, 3.8) is 0 Å². The lowest BCUT2D eigenvalue weighted by Crippen LogP contribution is -2.39. The lowest BCUT2D eigenvalue weighted by molar-refractivity contribution is 0.415. The summed E-state index contributed by atoms with van der Waals surface area (Å²) in [6.45, 7) is 2.83. The van der Waals surface area contributed by atoms with E-state index >= 15 is 0 Å². The molecule has 1 aromatic carbocycles. The number of nitrogens with two attached hydrogens (primary N) is 1. The maximum atomic E-state index is 5.85. The van der Waals surface area contributed by atoms with Crippen molar-refractivity contribution in [2.24, 2.45) is 10.7 Å². The van der Waals surface area contributed by atoms with Crippen molar-refractivity contribution in [3.8, 4) is 5.75 Å². The van der Waals surface area contributed by atoms with E-state index in [2.05, 4.69) is 11.9 Å². The number of guanidine groups is 1. The fourth-order valence-corrected chi connectivity index (χ4v) is 1.80. The Labute approximate surface area is 89.4 Å². The number of hydrogen-bond acceptors (Lipinski definition) is 4. The molecule has 0 spiro atoms. The Bertz CT molecular complexity index is 389. The van der Waals surface area contributed by atoms with Gasteiger partial charge in [0.2, 0.25) is 0 Å². The number of aliphatic imine (C=N–C) groups is 1. The van der Waals surface area contributed by atoms with Crippen molar-refractivity contribution in [1.82, 2.24) is 0 Å². The Balaban J connectivity index is 2.40. The quantitative estimate of drug-likeness (QED) is 0.789. The van der Waals surface area contributed by atoms with Crippen molar-refractivity contribution in [2.75, 3.05) is 18.6 Å². The van der Waals surface area contributed by atoms with Crippen LogP contribution in [0.1, 0.15) is 6.92 Å². The van der Waals surface area contributed by atoms with E-state index in [-0.39, 0.29) is 0 Å². The summed E-state index contributed by atoms with van der Waals surface area (Å²) in [7, 11) is 1.66. The molecule has 1 unspecified atom stereocenters. The van der Waals surface area contributed by atoms with Crippen molar-refractivity contribution in [3.05, 3.63) is 24.3 Å². The molecule has 0 saturated carbocycles. The second-order valence-electron chi connectivity index (χ2n) is 3.59. The highest BCUT2D eigenvalue weighted by atomic mass is 16.5. The van der Waals surface area contributed by atoms with Gasteiger partial charge in [-0.2, -0.15) is 0 Å². The third-order valence-corrected chi connectivity index (χ3v) is 2.55. The second-order valence-corrected chi connectivity index (χ2v) is 3.59. The molecular formula is C11H15N3O. The van der Waals surface area contributed by atoms with Gasteiger partial charge in [0.15, 0.2) is 5.96 Å². The molecule has 0 aliphatic carbocycles. The van der Waals surface area contributed by atoms with Crippen LogP contribution in [0.3, 0.4) is 0 Å². The number of nitrogens with zero attached hydrogens (tertiary/aromatic N) is 2. The molecular weight excluding hydrogens is 190 g/mol. The predicted molar refractivity (Wildman–Crippen MR) is 61.4 cm³/mol. The zero-order valence-electron chi connectivity index (χ0n) is 8.97. The van der Waals surface area contributed by atoms with Crippen LogP contribution < -0.4 is 15.4 Å². The Hall–Kier alpha value is -1.71. The van der Waals surface area contributed by atoms with Crippen molar-refractivity contribution < 1.29 is 4.74 Å². The Morgan fingerprint density at radius 3 is 2.80 bits per heavy atom. The van der Waals surface area contributed by atoms with Crippen LogP contribution in [0.5, 0.6) is 5.75 Å². The predicted octanol–water partition coefficient (Wildman–Crippen LogP) is 1.22. The van der Waals surface area contributed by atoms with Gasteiger partial charge in [0, 0.05) is 0 Å². The molecule has 0 radical (unpaired) electrons. The molecule has 0 aromatic heterocycles. The average molecular weight is 205 g/mol. The highest BCUT2D eigenvalue weighted by Gasteiger charge is 2.25. The summed E-state index contributed by atoms with van der Waals surface area (Å²) < 4.78 is 5.30. The topological polar surface area (TPSA) is 50.9 Å². The van der Waals surface area contributed by atoms with E-state index in [1.807, 2.05) is 29.2 Å². The molecule has 2 rings (SSSR count). The van der Waals surface area contributed by atoms with E-state index in [4.69, 9.17) is 10.5 Å². The third-order valence-electron chi connectivity index (χ3n) is 2.55. The highest BCUT2D eigenvalue weighted by molar-refractivity contribution is 5.98. The summed E-state index contributed by atoms with van der Waals surface area (Å²) in [6.07, 6.45) is 0. The Kier molecular flexibility index (Phi) is 2.49. The van der Waals surface area contributed by atoms with Crippen LogP contribution in [0, 0.1) is 0 Å². The third kappa shape index (κ3) is 1.63. The van der Waals surface area contributed by atoms with Gasteiger partial charge < -0.3 is 15.4 Å². The molecule has 0 bridgehead atoms. The SMILES string of the molecule is COc1ccccc1N1C(N)=NCC1C. The van der Waals surface area contributed by atoms with Crippen LogP contribution in [0.4, 0.5) is 5.69 Å². The van der Waals surface area contributed by atoms with Gasteiger partial charge in [0.1, 0.15) is 5.75 Å². The van der Waals surface area contributed by atoms with E-state index in [0.717, 1.165) is 18.0 Å². The molecule has 1 atom stereocenters. The van der Waals surface area contributed by atoms with Crippen LogP contribution in [0.25, 0.3) is 0 Å². The van der Waals surface area contributed by atoms with Gasteiger partial charge in [0.05, 0.1) is 25.4 Å². The number of anilines is 1. The van der Waals surface area contributed by atoms with Crippen LogP contribution in [0.15, 0.2) is 29.3 Å². The molecule has 1 aliphatic rings. The van der Waals surface area contributed by atoms with E-state index in [1.165, 1.54) is 0 Å². The molecule has 1 heterocycles. The van der Waals surface area contributed by atoms with Gasteiger partial charge >= 0.3 is 0 Å². The van der Waals surface area contributed by atoms with Gasteiger partial charge in [-0.05, 0) is 19.1 Å². The first-order valence-electron chi connectivity index (χ1n) is 4.96. The van der Waals surface area contributed by atoms with Crippen LogP contribution in [0.2, 0.25) is 0 Å². The Morgan fingerprint density at radius 1 is 1.47 bits per heavy atom. The monoisotopic (exact) mass is 205 g/mol. The maximum absolute atomic E-state index is 5.85. The Morgan fingerprint density at radius 2 is 2.20 bits per heavy atom. The van der Waals surface area contributed by atoms with E-state index in [9.17, 15) is 0 Å². The summed E-state index contributed by atoms with van der Waals surface area (Å²) >= 11 is 0. The largest absolute Gasteiger partial charge is 0.495 e. The van der Waals surface area contributed by atoms with Crippen LogP contribution in [-0.4, -0.2) is 25.7 Å². The van der Waals surface area contributed by atoms with Crippen LogP contribution >= 0.6 is 0 Å². The average Bonchev–Trinajstić information content (AvgIpc) is 2.59. The lowest BCUT2D eigenvalue weighted by atomic mass is 10.2. The number of hydrogen-bond donors (Lipinski definition) is 1. The van der Waals surface area contributed by atoms with Gasteiger partial charge in [-0.25, -0.2) is 0 Å². The molecule has 1 aromatic rings. The molecule has 2 N–H and O–H groups in total. The minimum atomic E-state index is 0.293. The first-order chi connectivity index (χ1) is 7.24. The van der Waals surface area contributed by atoms with Gasteiger partial charge in [-0.3, -0.25) is 4.99 Å². The maximum Gasteiger partial charge on any atom is 0.196 e. The molecule has 4 heteroatoms. The summed E-state index contributed by atoms with van der Waals surface area (Å²) in [4.78, 5) is 6.21. The first kappa shape index (κ1) is 9.83. The smallest absolute Gasteiger partial charge is 0.196 e. The molecule has 0 fully saturated rings. The molecule has 4 nitrogen and oxygen atoms in total. The molecule has 1 aliphatic heterocycles. The summed E-state index contributed by atoms with van der Waals surface area (Å²) in [5.41, 5.74) is 6.82. The fourth-order valence-electron chi connectivity index (χ4n) is 1.80. The minimum absolute atomic E-state index is 0.293. The number of benzene rings is 1. The second kappa shape index (κ2) is 3.81. The number of rotatable bonds is 2. The zero-order valence-corrected chi connectivity index (χ0v) is 8.97. The van der Waals surface area contributed by atoms with Crippen molar-refractivity contribution >= 4 is 11.6 Å². The van der Waals surface area contributed by atoms with Crippen molar-refractivity contribution in [2.45, 2.75) is 13.0 Å². The van der Waals surface area contributed by atoms with Crippen LogP contribution in [-0.2, 0) is 0 Å². The highest BCUT2D eigenvalue weighted by Crippen LogP contribution is 2.30. The first-order valence-corrected chi connectivity index (χ1v) is 4.96. The van der Waals surface area contributed by atoms with Gasteiger partial charge in [0.25, 0.3) is 0 Å². The molecule has 0 saturated heterocycles. The van der Waals surface area contributed by atoms with E-state index < -0.39 is 0 Å². The standard InChI is InChI=1S/C11H15N3O/c1-8-7-13-11(12)14(8)9-5-3-4-6-10(9)15-2/h3-6,8H,7H2,1-2H3,(H2,12,13). The van der Waals surface area contributed by atoms with E-state index in [0.29, 0.717) is 12.0 Å². The molecule has 80 valence electrons. The fraction of sp³-hybridized carbons (Fsp3) is 0.364. The number of ether oxygens (including phenoxy) is 1. The molecule has 15 heavy (non-hydrogen) atoms. The number of methoxy groups -OCH3 is 1. The summed E-state index contributed by atoms with van der Waals surface area (Å²) in [5.74, 6) is 1.39.